The molecule has 1 aliphatic heterocycles. The number of aliphatic hydroxyl groups excluding tert-OH is 5. The van der Waals surface area contributed by atoms with E-state index in [0.717, 1.165) is 0 Å². The molecule has 0 spiro atoms. The largest absolute Gasteiger partial charge is 0.455 e. The Morgan fingerprint density at radius 1 is 1.15 bits per heavy atom. The summed E-state index contributed by atoms with van der Waals surface area (Å²) in [4.78, 5) is 10.8. The van der Waals surface area contributed by atoms with Crippen LogP contribution < -0.4 is 0 Å². The van der Waals surface area contributed by atoms with Crippen molar-refractivity contribution in [2.24, 2.45) is 0 Å². The predicted octanol–water partition coefficient (Wildman–Crippen LogP) is -1.90. The minimum Gasteiger partial charge on any atom is -0.455 e. The van der Waals surface area contributed by atoms with Gasteiger partial charge in [-0.3, -0.25) is 4.79 Å². The zero-order chi connectivity index (χ0) is 14.9. The van der Waals surface area contributed by atoms with Crippen LogP contribution in [-0.4, -0.2) is 62.8 Å². The summed E-state index contributed by atoms with van der Waals surface area (Å²) in [5.74, 6) is -0.0903. The molecule has 1 aromatic rings. The number of aldehydes is 1. The Morgan fingerprint density at radius 3 is 2.35 bits per heavy atom. The second-order valence-corrected chi connectivity index (χ2v) is 4.56. The smallest absolute Gasteiger partial charge is 0.185 e. The molecule has 5 atom stereocenters. The first-order valence-electron chi connectivity index (χ1n) is 6.02. The number of hydrogen-bond acceptors (Lipinski definition) is 8. The predicted molar refractivity (Wildman–Crippen MR) is 62.7 cm³/mol. The zero-order valence-electron chi connectivity index (χ0n) is 10.4. The van der Waals surface area contributed by atoms with Crippen LogP contribution in [0.15, 0.2) is 10.5 Å². The van der Waals surface area contributed by atoms with E-state index in [4.69, 9.17) is 19.4 Å². The molecule has 1 unspecified atom stereocenters. The number of aliphatic hydroxyl groups is 5. The molecule has 0 radical (unpaired) electrons. The van der Waals surface area contributed by atoms with Gasteiger partial charge in [-0.15, -0.1) is 0 Å². The van der Waals surface area contributed by atoms with E-state index in [1.165, 1.54) is 6.07 Å². The summed E-state index contributed by atoms with van der Waals surface area (Å²) in [6.45, 7) is -0.995. The number of rotatable bonds is 4. The second-order valence-electron chi connectivity index (χ2n) is 4.56. The second kappa shape index (κ2) is 6.00. The van der Waals surface area contributed by atoms with E-state index in [0.29, 0.717) is 6.29 Å². The van der Waals surface area contributed by atoms with Gasteiger partial charge in [0.25, 0.3) is 0 Å². The highest BCUT2D eigenvalue weighted by Crippen LogP contribution is 2.34. The molecule has 2 heterocycles. The Bertz CT molecular complexity index is 468. The Labute approximate surface area is 113 Å². The molecule has 20 heavy (non-hydrogen) atoms. The summed E-state index contributed by atoms with van der Waals surface area (Å²) in [7, 11) is 0. The fourth-order valence-electron chi connectivity index (χ4n) is 2.17. The maximum atomic E-state index is 10.8. The van der Waals surface area contributed by atoms with E-state index in [2.05, 4.69) is 0 Å². The lowest BCUT2D eigenvalue weighted by Gasteiger charge is -2.39. The summed E-state index contributed by atoms with van der Waals surface area (Å²) in [5, 5.41) is 47.4. The van der Waals surface area contributed by atoms with Gasteiger partial charge in [-0.1, -0.05) is 0 Å². The van der Waals surface area contributed by atoms with Crippen molar-refractivity contribution in [2.45, 2.75) is 37.1 Å². The molecule has 0 amide bonds. The molecule has 0 aromatic carbocycles. The summed E-state index contributed by atoms with van der Waals surface area (Å²) < 4.78 is 10.4. The average molecular weight is 288 g/mol. The van der Waals surface area contributed by atoms with Crippen LogP contribution in [0.25, 0.3) is 0 Å². The minimum atomic E-state index is -1.53. The van der Waals surface area contributed by atoms with Crippen LogP contribution in [0.1, 0.15) is 28.0 Å². The third-order valence-electron chi connectivity index (χ3n) is 3.31. The van der Waals surface area contributed by atoms with E-state index in [9.17, 15) is 20.1 Å². The summed E-state index contributed by atoms with van der Waals surface area (Å²) in [5.41, 5.74) is 0.215. The van der Waals surface area contributed by atoms with E-state index < -0.39 is 43.7 Å². The molecular formula is C12H16O8. The van der Waals surface area contributed by atoms with Gasteiger partial charge in [-0.2, -0.15) is 0 Å². The molecule has 8 heteroatoms. The van der Waals surface area contributed by atoms with Crippen LogP contribution in [0, 0.1) is 0 Å². The Hall–Kier alpha value is -1.29. The van der Waals surface area contributed by atoms with Gasteiger partial charge in [0, 0.05) is 5.56 Å². The minimum absolute atomic E-state index is 0.0213. The van der Waals surface area contributed by atoms with Crippen molar-refractivity contribution in [3.63, 3.8) is 0 Å². The van der Waals surface area contributed by atoms with E-state index in [-0.39, 0.29) is 17.1 Å². The van der Waals surface area contributed by atoms with Gasteiger partial charge >= 0.3 is 0 Å². The lowest BCUT2D eigenvalue weighted by molar-refractivity contribution is -0.235. The molecule has 1 aliphatic rings. The highest BCUT2D eigenvalue weighted by Gasteiger charge is 2.45. The molecule has 1 saturated heterocycles. The molecule has 2 rings (SSSR count). The highest BCUT2D eigenvalue weighted by molar-refractivity contribution is 5.73. The van der Waals surface area contributed by atoms with Crippen LogP contribution in [-0.2, 0) is 11.3 Å². The summed E-state index contributed by atoms with van der Waals surface area (Å²) in [6.07, 6.45) is -6.33. The van der Waals surface area contributed by atoms with Crippen LogP contribution in [0.2, 0.25) is 0 Å². The van der Waals surface area contributed by atoms with Gasteiger partial charge in [0.2, 0.25) is 0 Å². The average Bonchev–Trinajstić information content (AvgIpc) is 2.88. The number of hydrogen-bond donors (Lipinski definition) is 5. The van der Waals surface area contributed by atoms with Crippen LogP contribution in [0.3, 0.4) is 0 Å². The van der Waals surface area contributed by atoms with Gasteiger partial charge in [0.1, 0.15) is 36.3 Å². The monoisotopic (exact) mass is 288 g/mol. The van der Waals surface area contributed by atoms with Crippen LogP contribution in [0.4, 0.5) is 0 Å². The Balaban J connectivity index is 2.30. The lowest BCUT2D eigenvalue weighted by Crippen LogP contribution is -2.55. The van der Waals surface area contributed by atoms with Crippen molar-refractivity contribution in [1.29, 1.82) is 0 Å². The lowest BCUT2D eigenvalue weighted by atomic mass is 9.94. The Morgan fingerprint density at radius 2 is 1.85 bits per heavy atom. The fraction of sp³-hybridized carbons (Fsp3) is 0.583. The van der Waals surface area contributed by atoms with Crippen molar-refractivity contribution >= 4 is 6.29 Å². The number of carbonyl (C=O) groups excluding carboxylic acids is 1. The number of carbonyl (C=O) groups is 1. The SMILES string of the molecule is O=Cc1oc(C2O[C@H](CO)[C@@H](O)[C@H](O)[C@H]2O)cc1CO. The van der Waals surface area contributed by atoms with Crippen molar-refractivity contribution in [3.8, 4) is 0 Å². The first kappa shape index (κ1) is 15.1. The van der Waals surface area contributed by atoms with Crippen LogP contribution >= 0.6 is 0 Å². The number of furan rings is 1. The zero-order valence-corrected chi connectivity index (χ0v) is 10.4. The van der Waals surface area contributed by atoms with E-state index in [1.807, 2.05) is 0 Å². The molecule has 0 aliphatic carbocycles. The maximum Gasteiger partial charge on any atom is 0.185 e. The third kappa shape index (κ3) is 2.49. The molecule has 8 nitrogen and oxygen atoms in total. The highest BCUT2D eigenvalue weighted by atomic mass is 16.6. The van der Waals surface area contributed by atoms with Gasteiger partial charge < -0.3 is 34.7 Å². The third-order valence-corrected chi connectivity index (χ3v) is 3.31. The molecule has 1 aromatic heterocycles. The molecule has 5 N–H and O–H groups in total. The first-order valence-corrected chi connectivity index (χ1v) is 6.02. The van der Waals surface area contributed by atoms with Gasteiger partial charge in [0.05, 0.1) is 13.2 Å². The Kier molecular flexibility index (Phi) is 4.53. The summed E-state index contributed by atoms with van der Waals surface area (Å²) in [6, 6.07) is 1.32. The summed E-state index contributed by atoms with van der Waals surface area (Å²) >= 11 is 0. The van der Waals surface area contributed by atoms with Crippen LogP contribution in [0.5, 0.6) is 0 Å². The van der Waals surface area contributed by atoms with Gasteiger partial charge in [-0.25, -0.2) is 0 Å². The van der Waals surface area contributed by atoms with Crippen molar-refractivity contribution in [1.82, 2.24) is 0 Å². The normalized spacial score (nSPS) is 34.1. The van der Waals surface area contributed by atoms with E-state index in [1.54, 1.807) is 0 Å². The van der Waals surface area contributed by atoms with Gasteiger partial charge in [0.15, 0.2) is 12.0 Å². The molecular weight excluding hydrogens is 272 g/mol. The fourth-order valence-corrected chi connectivity index (χ4v) is 2.17. The quantitative estimate of drug-likeness (QED) is 0.405. The van der Waals surface area contributed by atoms with Crippen molar-refractivity contribution < 1.29 is 39.5 Å². The molecule has 112 valence electrons. The van der Waals surface area contributed by atoms with E-state index >= 15 is 0 Å². The van der Waals surface area contributed by atoms with Gasteiger partial charge in [-0.05, 0) is 6.07 Å². The standard InChI is InChI=1S/C12H16O8/c13-2-5-1-6(19-7(5)3-14)12-11(18)10(17)9(16)8(4-15)20-12/h1,3,8-13,15-18H,2,4H2/t8-,9-,10+,11-,12?/m1/s1. The maximum absolute atomic E-state index is 10.8. The number of ether oxygens (including phenoxy) is 1. The molecule has 0 saturated carbocycles. The van der Waals surface area contributed by atoms with Crippen molar-refractivity contribution in [3.05, 3.63) is 23.2 Å². The van der Waals surface area contributed by atoms with Crippen molar-refractivity contribution in [2.75, 3.05) is 6.61 Å². The molecule has 0 bridgehead atoms. The first-order chi connectivity index (χ1) is 9.53. The topological polar surface area (TPSA) is 141 Å². The molecule has 1 fully saturated rings.